The highest BCUT2D eigenvalue weighted by molar-refractivity contribution is 7.99. The number of nitrogens with zero attached hydrogens (tertiary/aromatic N) is 1. The van der Waals surface area contributed by atoms with Crippen LogP contribution in [0.5, 0.6) is 0 Å². The van der Waals surface area contributed by atoms with Crippen molar-refractivity contribution in [3.8, 4) is 0 Å². The molecule has 0 radical (unpaired) electrons. The van der Waals surface area contributed by atoms with Gasteiger partial charge in [0, 0.05) is 11.8 Å². The van der Waals surface area contributed by atoms with E-state index in [9.17, 15) is 4.79 Å². The van der Waals surface area contributed by atoms with Crippen LogP contribution >= 0.6 is 11.8 Å². The largest absolute Gasteiger partial charge is 0.327 e. The van der Waals surface area contributed by atoms with Gasteiger partial charge in [-0.05, 0) is 12.2 Å². The molecule has 1 amide bonds. The number of hydrogen-bond acceptors (Lipinski definition) is 3. The van der Waals surface area contributed by atoms with Crippen molar-refractivity contribution in [3.63, 3.8) is 0 Å². The number of thioether (sulfide) groups is 1. The van der Waals surface area contributed by atoms with Crippen molar-refractivity contribution in [2.75, 3.05) is 19.5 Å². The van der Waals surface area contributed by atoms with Crippen LogP contribution in [-0.4, -0.2) is 41.6 Å². The average Bonchev–Trinajstić information content (AvgIpc) is 2.59. The van der Waals surface area contributed by atoms with Crippen LogP contribution in [0.25, 0.3) is 0 Å². The lowest BCUT2D eigenvalue weighted by Crippen LogP contribution is -2.37. The van der Waals surface area contributed by atoms with E-state index in [-0.39, 0.29) is 11.9 Å². The molecule has 1 heterocycles. The molecule has 0 aromatic rings. The van der Waals surface area contributed by atoms with Crippen LogP contribution in [0.15, 0.2) is 0 Å². The molecule has 0 bridgehead atoms. The summed E-state index contributed by atoms with van der Waals surface area (Å²) in [6.07, 6.45) is 3.14. The van der Waals surface area contributed by atoms with E-state index in [1.165, 1.54) is 0 Å². The van der Waals surface area contributed by atoms with Crippen LogP contribution in [0.2, 0.25) is 0 Å². The lowest BCUT2D eigenvalue weighted by Gasteiger charge is -2.20. The van der Waals surface area contributed by atoms with E-state index in [4.69, 9.17) is 0 Å². The minimum atomic E-state index is 0.0454. The number of carbonyl (C=O) groups excluding carboxylic acids is 1. The number of carbonyl (C=O) groups is 1. The fourth-order valence-corrected chi connectivity index (χ4v) is 2.12. The van der Waals surface area contributed by atoms with Crippen molar-refractivity contribution in [1.29, 1.82) is 0 Å². The Balaban J connectivity index is 2.49. The Morgan fingerprint density at radius 3 is 2.80 bits per heavy atom. The zero-order valence-corrected chi connectivity index (χ0v) is 10.9. The molecular formula is C11H22N2OS. The Morgan fingerprint density at radius 1 is 1.60 bits per heavy atom. The zero-order valence-electron chi connectivity index (χ0n) is 10.1. The highest BCUT2D eigenvalue weighted by Gasteiger charge is 2.34. The molecule has 1 aliphatic rings. The van der Waals surface area contributed by atoms with Gasteiger partial charge in [-0.2, -0.15) is 11.8 Å². The van der Waals surface area contributed by atoms with Crippen LogP contribution in [0, 0.1) is 5.92 Å². The van der Waals surface area contributed by atoms with Gasteiger partial charge in [-0.15, -0.1) is 0 Å². The van der Waals surface area contributed by atoms with Crippen molar-refractivity contribution in [2.45, 2.75) is 38.5 Å². The second-order valence-electron chi connectivity index (χ2n) is 4.33. The topological polar surface area (TPSA) is 32.3 Å². The quantitative estimate of drug-likeness (QED) is 0.777. The maximum atomic E-state index is 12.0. The van der Waals surface area contributed by atoms with Crippen molar-refractivity contribution in [3.05, 3.63) is 0 Å². The average molecular weight is 230 g/mol. The lowest BCUT2D eigenvalue weighted by atomic mass is 9.99. The number of rotatable bonds is 5. The molecule has 0 spiro atoms. The summed E-state index contributed by atoms with van der Waals surface area (Å²) in [7, 11) is 0. The van der Waals surface area contributed by atoms with E-state index in [2.05, 4.69) is 32.3 Å². The van der Waals surface area contributed by atoms with Gasteiger partial charge in [0.15, 0.2) is 0 Å². The first-order valence-electron chi connectivity index (χ1n) is 5.65. The number of nitrogens with one attached hydrogen (secondary N) is 1. The van der Waals surface area contributed by atoms with E-state index in [1.807, 2.05) is 16.7 Å². The molecule has 0 aromatic heterocycles. The summed E-state index contributed by atoms with van der Waals surface area (Å²) in [4.78, 5) is 14.0. The third-order valence-corrected chi connectivity index (χ3v) is 4.13. The summed E-state index contributed by atoms with van der Waals surface area (Å²) in [5.74, 6) is 0.720. The van der Waals surface area contributed by atoms with E-state index in [0.29, 0.717) is 11.2 Å². The van der Waals surface area contributed by atoms with Crippen LogP contribution in [0.4, 0.5) is 0 Å². The fourth-order valence-electron chi connectivity index (χ4n) is 1.79. The Morgan fingerprint density at radius 2 is 2.27 bits per heavy atom. The summed E-state index contributed by atoms with van der Waals surface area (Å²) >= 11 is 1.81. The summed E-state index contributed by atoms with van der Waals surface area (Å²) in [6.45, 7) is 8.01. The Bertz CT molecular complexity index is 223. The van der Waals surface area contributed by atoms with Crippen LogP contribution in [-0.2, 0) is 4.79 Å². The third-order valence-electron chi connectivity index (χ3n) is 3.17. The van der Waals surface area contributed by atoms with E-state index in [0.717, 1.165) is 19.6 Å². The monoisotopic (exact) mass is 230 g/mol. The Kier molecular flexibility index (Phi) is 4.93. The molecule has 4 heteroatoms. The highest BCUT2D eigenvalue weighted by atomic mass is 32.2. The van der Waals surface area contributed by atoms with Crippen molar-refractivity contribution >= 4 is 17.7 Å². The van der Waals surface area contributed by atoms with Gasteiger partial charge >= 0.3 is 0 Å². The molecular weight excluding hydrogens is 208 g/mol. The minimum absolute atomic E-state index is 0.0454. The summed E-state index contributed by atoms with van der Waals surface area (Å²) in [6, 6.07) is 0.0454. The second kappa shape index (κ2) is 5.75. The molecule has 0 aliphatic carbocycles. The summed E-state index contributed by atoms with van der Waals surface area (Å²) < 4.78 is 0. The fraction of sp³-hybridized carbons (Fsp3) is 0.909. The molecule has 3 nitrogen and oxygen atoms in total. The first-order valence-corrected chi connectivity index (χ1v) is 6.93. The molecule has 15 heavy (non-hydrogen) atoms. The predicted octanol–water partition coefficient (Wildman–Crippen LogP) is 1.54. The van der Waals surface area contributed by atoms with Gasteiger partial charge < -0.3 is 4.90 Å². The molecule has 3 atom stereocenters. The van der Waals surface area contributed by atoms with Gasteiger partial charge in [-0.3, -0.25) is 10.1 Å². The van der Waals surface area contributed by atoms with Crippen LogP contribution in [0.1, 0.15) is 27.2 Å². The molecule has 0 aromatic carbocycles. The standard InChI is InChI=1S/C11H22N2OS/c1-5-8(2)10-11(14)13(7-12-10)6-9(3)15-4/h8-10,12H,5-7H2,1-4H3. The van der Waals surface area contributed by atoms with Gasteiger partial charge in [0.05, 0.1) is 12.7 Å². The molecule has 1 N–H and O–H groups in total. The van der Waals surface area contributed by atoms with Crippen molar-refractivity contribution < 1.29 is 4.79 Å². The van der Waals surface area contributed by atoms with Crippen molar-refractivity contribution in [2.24, 2.45) is 5.92 Å². The van der Waals surface area contributed by atoms with E-state index in [1.54, 1.807) is 0 Å². The summed E-state index contributed by atoms with van der Waals surface area (Å²) in [5.41, 5.74) is 0. The smallest absolute Gasteiger partial charge is 0.241 e. The Hall–Kier alpha value is -0.220. The first kappa shape index (κ1) is 12.8. The lowest BCUT2D eigenvalue weighted by molar-refractivity contribution is -0.129. The van der Waals surface area contributed by atoms with Crippen molar-refractivity contribution in [1.82, 2.24) is 10.2 Å². The molecule has 1 fully saturated rings. The summed E-state index contributed by atoms with van der Waals surface area (Å²) in [5, 5.41) is 3.82. The first-order chi connectivity index (χ1) is 7.10. The molecule has 1 aliphatic heterocycles. The van der Waals surface area contributed by atoms with E-state index < -0.39 is 0 Å². The maximum absolute atomic E-state index is 12.0. The molecule has 88 valence electrons. The number of amides is 1. The predicted molar refractivity (Wildman–Crippen MR) is 65.9 cm³/mol. The maximum Gasteiger partial charge on any atom is 0.241 e. The van der Waals surface area contributed by atoms with Gasteiger partial charge in [-0.25, -0.2) is 0 Å². The zero-order chi connectivity index (χ0) is 11.4. The normalized spacial score (nSPS) is 25.7. The van der Waals surface area contributed by atoms with Gasteiger partial charge in [0.25, 0.3) is 0 Å². The molecule has 3 unspecified atom stereocenters. The third kappa shape index (κ3) is 3.11. The van der Waals surface area contributed by atoms with Crippen LogP contribution in [0.3, 0.4) is 0 Å². The van der Waals surface area contributed by atoms with Gasteiger partial charge in [0.1, 0.15) is 0 Å². The minimum Gasteiger partial charge on any atom is -0.327 e. The van der Waals surface area contributed by atoms with Crippen LogP contribution < -0.4 is 5.32 Å². The van der Waals surface area contributed by atoms with Gasteiger partial charge in [-0.1, -0.05) is 27.2 Å². The number of hydrogen-bond donors (Lipinski definition) is 1. The Labute approximate surface area is 97.0 Å². The van der Waals surface area contributed by atoms with Gasteiger partial charge in [0.2, 0.25) is 5.91 Å². The second-order valence-corrected chi connectivity index (χ2v) is 5.61. The SMILES string of the molecule is CCC(C)C1NCN(CC(C)SC)C1=O. The molecule has 0 saturated carbocycles. The van der Waals surface area contributed by atoms with E-state index >= 15 is 0 Å². The highest BCUT2D eigenvalue weighted by Crippen LogP contribution is 2.17. The molecule has 1 saturated heterocycles. The molecule has 1 rings (SSSR count).